The summed E-state index contributed by atoms with van der Waals surface area (Å²) in [5.41, 5.74) is 2.02. The van der Waals surface area contributed by atoms with Gasteiger partial charge in [-0.2, -0.15) is 18.4 Å². The van der Waals surface area contributed by atoms with Crippen molar-refractivity contribution >= 4 is 16.1 Å². The van der Waals surface area contributed by atoms with Crippen LogP contribution in [0.4, 0.5) is 0 Å². The van der Waals surface area contributed by atoms with Crippen LogP contribution in [0, 0.1) is 13.8 Å². The van der Waals surface area contributed by atoms with E-state index in [1.807, 2.05) is 6.92 Å². The molecule has 9 heteroatoms. The molecule has 3 rings (SSSR count). The summed E-state index contributed by atoms with van der Waals surface area (Å²) in [6, 6.07) is 12.6. The number of carbonyl (C=O) groups is 1. The van der Waals surface area contributed by atoms with Crippen LogP contribution in [-0.4, -0.2) is 38.1 Å². The van der Waals surface area contributed by atoms with Crippen LogP contribution in [0.5, 0.6) is 11.8 Å². The third-order valence-electron chi connectivity index (χ3n) is 4.41. The van der Waals surface area contributed by atoms with Crippen molar-refractivity contribution < 1.29 is 26.9 Å². The first-order chi connectivity index (χ1) is 14.7. The summed E-state index contributed by atoms with van der Waals surface area (Å²) < 4.78 is 40.8. The summed E-state index contributed by atoms with van der Waals surface area (Å²) >= 11 is 0. The molecule has 0 saturated carbocycles. The minimum Gasteiger partial charge on any atom is -0.497 e. The molecule has 31 heavy (non-hydrogen) atoms. The topological polar surface area (TPSA) is 105 Å². The number of hydrogen-bond donors (Lipinski definition) is 0. The fourth-order valence-electron chi connectivity index (χ4n) is 2.84. The summed E-state index contributed by atoms with van der Waals surface area (Å²) in [4.78, 5) is 20.8. The third-order valence-corrected chi connectivity index (χ3v) is 5.62. The molecule has 0 atom stereocenters. The van der Waals surface area contributed by atoms with E-state index < -0.39 is 22.1 Å². The second-order valence-corrected chi connectivity index (χ2v) is 8.16. The number of carbonyl (C=O) groups excluding carboxylic acids is 1. The first-order valence-corrected chi connectivity index (χ1v) is 10.9. The molecule has 1 heterocycles. The highest BCUT2D eigenvalue weighted by molar-refractivity contribution is 7.87. The molecule has 8 nitrogen and oxygen atoms in total. The van der Waals surface area contributed by atoms with E-state index in [1.54, 1.807) is 50.2 Å². The van der Waals surface area contributed by atoms with E-state index in [0.717, 1.165) is 5.56 Å². The van der Waals surface area contributed by atoms with Crippen molar-refractivity contribution in [2.75, 3.05) is 13.7 Å². The first kappa shape index (κ1) is 22.2. The Hall–Kier alpha value is -3.46. The second-order valence-electron chi connectivity index (χ2n) is 6.61. The van der Waals surface area contributed by atoms with Crippen LogP contribution in [-0.2, 0) is 14.9 Å². The Bertz CT molecular complexity index is 1190. The maximum Gasteiger partial charge on any atom is 0.342 e. The van der Waals surface area contributed by atoms with Crippen LogP contribution >= 0.6 is 0 Å². The number of benzene rings is 2. The summed E-state index contributed by atoms with van der Waals surface area (Å²) in [7, 11) is -2.62. The van der Waals surface area contributed by atoms with Crippen molar-refractivity contribution in [3.8, 4) is 23.0 Å². The smallest absolute Gasteiger partial charge is 0.342 e. The van der Waals surface area contributed by atoms with Crippen LogP contribution in [0.15, 0.2) is 53.4 Å². The normalized spacial score (nSPS) is 11.1. The zero-order valence-corrected chi connectivity index (χ0v) is 18.4. The van der Waals surface area contributed by atoms with Gasteiger partial charge in [0.05, 0.1) is 25.1 Å². The molecule has 0 radical (unpaired) electrons. The van der Waals surface area contributed by atoms with Gasteiger partial charge in [-0.3, -0.25) is 0 Å². The van der Waals surface area contributed by atoms with Crippen LogP contribution in [0.1, 0.15) is 28.5 Å². The Morgan fingerprint density at radius 1 is 0.968 bits per heavy atom. The average molecular weight is 442 g/mol. The summed E-state index contributed by atoms with van der Waals surface area (Å²) in [6.45, 7) is 5.26. The number of esters is 1. The van der Waals surface area contributed by atoms with Crippen molar-refractivity contribution in [1.82, 2.24) is 9.97 Å². The molecule has 3 aromatic rings. The fourth-order valence-corrected chi connectivity index (χ4v) is 3.68. The Kier molecular flexibility index (Phi) is 6.55. The number of ether oxygens (including phenoxy) is 2. The first-order valence-electron chi connectivity index (χ1n) is 9.46. The predicted octanol–water partition coefficient (Wildman–Crippen LogP) is 3.71. The summed E-state index contributed by atoms with van der Waals surface area (Å²) in [5.74, 6) is 0.00407. The zero-order chi connectivity index (χ0) is 22.6. The van der Waals surface area contributed by atoms with Crippen LogP contribution in [0.25, 0.3) is 11.3 Å². The van der Waals surface area contributed by atoms with Gasteiger partial charge in [-0.25, -0.2) is 4.79 Å². The van der Waals surface area contributed by atoms with Crippen molar-refractivity contribution in [1.29, 1.82) is 0 Å². The number of methoxy groups -OCH3 is 1. The molecular weight excluding hydrogens is 420 g/mol. The van der Waals surface area contributed by atoms with E-state index in [4.69, 9.17) is 13.7 Å². The molecule has 0 fully saturated rings. The number of aromatic nitrogens is 2. The van der Waals surface area contributed by atoms with Crippen molar-refractivity contribution in [3.05, 3.63) is 65.4 Å². The fraction of sp³-hybridized carbons (Fsp3) is 0.227. The average Bonchev–Trinajstić information content (AvgIpc) is 2.73. The van der Waals surface area contributed by atoms with Crippen molar-refractivity contribution in [3.63, 3.8) is 0 Å². The molecule has 0 unspecified atom stereocenters. The van der Waals surface area contributed by atoms with Gasteiger partial charge < -0.3 is 13.7 Å². The zero-order valence-electron chi connectivity index (χ0n) is 17.6. The van der Waals surface area contributed by atoms with Gasteiger partial charge in [0.15, 0.2) is 0 Å². The minimum atomic E-state index is -4.16. The predicted molar refractivity (Wildman–Crippen MR) is 114 cm³/mol. The number of rotatable bonds is 7. The highest BCUT2D eigenvalue weighted by Crippen LogP contribution is 2.29. The molecule has 0 aliphatic heterocycles. The van der Waals surface area contributed by atoms with Gasteiger partial charge in [-0.15, -0.1) is 0 Å². The molecular formula is C22H22N2O6S. The number of aryl methyl sites for hydroxylation is 2. The van der Waals surface area contributed by atoms with Gasteiger partial charge in [-0.05, 0) is 57.2 Å². The van der Waals surface area contributed by atoms with Crippen LogP contribution in [0.3, 0.4) is 0 Å². The Labute approximate surface area is 181 Å². The maximum absolute atomic E-state index is 12.7. The molecule has 0 aliphatic carbocycles. The van der Waals surface area contributed by atoms with E-state index >= 15 is 0 Å². The van der Waals surface area contributed by atoms with Crippen molar-refractivity contribution in [2.45, 2.75) is 25.7 Å². The molecule has 1 aromatic heterocycles. The molecule has 0 bridgehead atoms. The largest absolute Gasteiger partial charge is 0.497 e. The highest BCUT2D eigenvalue weighted by Gasteiger charge is 2.25. The van der Waals surface area contributed by atoms with Crippen molar-refractivity contribution in [2.24, 2.45) is 0 Å². The molecule has 0 spiro atoms. The second kappa shape index (κ2) is 9.13. The quantitative estimate of drug-likeness (QED) is 0.403. The summed E-state index contributed by atoms with van der Waals surface area (Å²) in [5, 5.41) is 0. The SMILES string of the molecule is CCOC(=O)c1c(C)nc(OS(=O)(=O)c2ccc(C)cc2)nc1-c1ccc(OC)cc1. The van der Waals surface area contributed by atoms with E-state index in [9.17, 15) is 13.2 Å². The van der Waals surface area contributed by atoms with E-state index in [0.29, 0.717) is 11.3 Å². The lowest BCUT2D eigenvalue weighted by atomic mass is 10.0. The molecule has 0 N–H and O–H groups in total. The van der Waals surface area contributed by atoms with Gasteiger partial charge in [0.25, 0.3) is 0 Å². The van der Waals surface area contributed by atoms with E-state index in [1.165, 1.54) is 19.2 Å². The van der Waals surface area contributed by atoms with Gasteiger partial charge in [0, 0.05) is 5.56 Å². The van der Waals surface area contributed by atoms with Gasteiger partial charge in [0.2, 0.25) is 0 Å². The van der Waals surface area contributed by atoms with Gasteiger partial charge >= 0.3 is 22.1 Å². The Balaban J connectivity index is 2.09. The van der Waals surface area contributed by atoms with E-state index in [-0.39, 0.29) is 28.5 Å². The molecule has 0 aliphatic rings. The Morgan fingerprint density at radius 3 is 2.19 bits per heavy atom. The van der Waals surface area contributed by atoms with Crippen LogP contribution in [0.2, 0.25) is 0 Å². The highest BCUT2D eigenvalue weighted by atomic mass is 32.2. The number of hydrogen-bond acceptors (Lipinski definition) is 8. The lowest BCUT2D eigenvalue weighted by Crippen LogP contribution is -2.16. The monoisotopic (exact) mass is 442 g/mol. The molecule has 0 amide bonds. The van der Waals surface area contributed by atoms with Gasteiger partial charge in [0.1, 0.15) is 16.2 Å². The Morgan fingerprint density at radius 2 is 1.61 bits per heavy atom. The van der Waals surface area contributed by atoms with Crippen LogP contribution < -0.4 is 8.92 Å². The molecule has 0 saturated heterocycles. The lowest BCUT2D eigenvalue weighted by Gasteiger charge is -2.13. The summed E-state index contributed by atoms with van der Waals surface area (Å²) in [6.07, 6.45) is 0. The number of nitrogens with zero attached hydrogens (tertiary/aromatic N) is 2. The standard InChI is InChI=1S/C22H22N2O6S/c1-5-29-21(25)19-15(3)23-22(24-20(19)16-8-10-17(28-4)11-9-16)30-31(26,27)18-12-6-14(2)7-13-18/h6-13H,5H2,1-4H3. The molecule has 2 aromatic carbocycles. The minimum absolute atomic E-state index is 0.0279. The third kappa shape index (κ3) is 5.00. The molecule has 162 valence electrons. The lowest BCUT2D eigenvalue weighted by molar-refractivity contribution is 0.0525. The van der Waals surface area contributed by atoms with E-state index in [2.05, 4.69) is 9.97 Å². The maximum atomic E-state index is 12.7. The van der Waals surface area contributed by atoms with Gasteiger partial charge in [-0.1, -0.05) is 17.7 Å².